The van der Waals surface area contributed by atoms with Crippen molar-refractivity contribution in [3.63, 3.8) is 0 Å². The molecule has 2 heterocycles. The van der Waals surface area contributed by atoms with E-state index in [2.05, 4.69) is 24.3 Å². The fraction of sp³-hybridized carbons (Fsp3) is 0.185. The van der Waals surface area contributed by atoms with Crippen LogP contribution in [0.5, 0.6) is 0 Å². The van der Waals surface area contributed by atoms with Gasteiger partial charge >= 0.3 is 70.6 Å². The van der Waals surface area contributed by atoms with E-state index in [4.69, 9.17) is 0 Å². The van der Waals surface area contributed by atoms with E-state index in [0.717, 1.165) is 20.9 Å². The van der Waals surface area contributed by atoms with Crippen molar-refractivity contribution in [1.82, 2.24) is 0 Å². The molecule has 8 aromatic rings. The van der Waals surface area contributed by atoms with Crippen LogP contribution in [0.25, 0.3) is 0 Å². The van der Waals surface area contributed by atoms with Crippen LogP contribution < -0.4 is 43.1 Å². The molecule has 88 heavy (non-hydrogen) atoms. The van der Waals surface area contributed by atoms with Gasteiger partial charge in [-0.05, 0) is 36.4 Å². The van der Waals surface area contributed by atoms with Gasteiger partial charge in [0.05, 0.1) is 54.4 Å². The number of rotatable bonds is 12. The Labute approximate surface area is 495 Å². The summed E-state index contributed by atoms with van der Waals surface area (Å²) in [6, 6.07) is 13.3. The SMILES string of the molecule is FC(F)(F)c1cc([B-](c2cc(C(F)(F)F)cc(C(F)(F)F)c2)(c2cc(C(F)(F)F)cc(C(F)(F)F)c2)c2cc(C(F)(F)F)cc(C(F)(F)F)c2)cc(C(F)(F)F)c1.O=[N+]([O-])c1ccccc1Cc1ccc([I+]c2ccc(Cc3ccccc3[N+](=O)[O-])s2)s1. The molecule has 0 radical (unpaired) electrons. The van der Waals surface area contributed by atoms with Crippen molar-refractivity contribution in [2.45, 2.75) is 62.3 Å². The van der Waals surface area contributed by atoms with Gasteiger partial charge in [0.25, 0.3) is 11.4 Å². The predicted molar refractivity (Wildman–Crippen MR) is 268 cm³/mol. The third-order valence-corrected chi connectivity index (χ3v) is 18.9. The lowest BCUT2D eigenvalue weighted by molar-refractivity contribution is -0.585. The number of hydrogen-bond acceptors (Lipinski definition) is 6. The van der Waals surface area contributed by atoms with Crippen LogP contribution in [0.4, 0.5) is 117 Å². The quantitative estimate of drug-likeness (QED) is 0.0401. The van der Waals surface area contributed by atoms with Crippen LogP contribution in [-0.4, -0.2) is 16.0 Å². The summed E-state index contributed by atoms with van der Waals surface area (Å²) in [5.41, 5.74) is -28.4. The fourth-order valence-electron chi connectivity index (χ4n) is 9.21. The van der Waals surface area contributed by atoms with Crippen LogP contribution in [-0.2, 0) is 62.3 Å². The normalized spacial score (nSPS) is 13.1. The van der Waals surface area contributed by atoms with Crippen molar-refractivity contribution < 1.29 is 136 Å². The fourth-order valence-corrected chi connectivity index (χ4v) is 15.8. The molecule has 468 valence electrons. The summed E-state index contributed by atoms with van der Waals surface area (Å²) >= 11 is 3.06. The number of nitro groups is 2. The molecule has 0 spiro atoms. The topological polar surface area (TPSA) is 86.3 Å². The lowest BCUT2D eigenvalue weighted by atomic mass is 9.12. The first-order valence-electron chi connectivity index (χ1n) is 23.9. The van der Waals surface area contributed by atoms with Crippen molar-refractivity contribution >= 4 is 62.0 Å². The van der Waals surface area contributed by atoms with Crippen LogP contribution in [0, 0.1) is 26.0 Å². The zero-order chi connectivity index (χ0) is 65.7. The molecule has 0 N–H and O–H groups in total. The minimum absolute atomic E-state index is 0.157. The molecular formula is C54H28BF24IN2O4S2. The summed E-state index contributed by atoms with van der Waals surface area (Å²) in [7, 11) is 0. The van der Waals surface area contributed by atoms with Crippen LogP contribution in [0.3, 0.4) is 0 Å². The Kier molecular flexibility index (Phi) is 19.0. The van der Waals surface area contributed by atoms with Gasteiger partial charge in [0.15, 0.2) is 0 Å². The van der Waals surface area contributed by atoms with E-state index in [9.17, 15) is 126 Å². The molecule has 2 aromatic heterocycles. The molecular weight excluding hydrogens is 1400 g/mol. The van der Waals surface area contributed by atoms with Gasteiger partial charge in [0.1, 0.15) is 6.15 Å². The second-order valence-corrected chi connectivity index (χ2v) is 25.5. The highest BCUT2D eigenvalue weighted by Crippen LogP contribution is 2.42. The molecule has 0 aliphatic carbocycles. The Bertz CT molecular complexity index is 3360. The monoisotopic (exact) mass is 1430 g/mol. The average Bonchev–Trinajstić information content (AvgIpc) is 0.908. The summed E-state index contributed by atoms with van der Waals surface area (Å²) in [5.74, 6) is 0. The van der Waals surface area contributed by atoms with Gasteiger partial charge in [-0.3, -0.25) is 20.2 Å². The molecule has 0 aliphatic heterocycles. The molecule has 0 saturated heterocycles. The lowest BCUT2D eigenvalue weighted by Gasteiger charge is -2.46. The molecule has 0 fully saturated rings. The molecule has 34 heteroatoms. The molecule has 8 rings (SSSR count). The lowest BCUT2D eigenvalue weighted by Crippen LogP contribution is -3.61. The Balaban J connectivity index is 0.000000298. The molecule has 6 nitrogen and oxygen atoms in total. The summed E-state index contributed by atoms with van der Waals surface area (Å²) in [4.78, 5) is 24.0. The van der Waals surface area contributed by atoms with E-state index in [0.29, 0.717) is 12.8 Å². The summed E-state index contributed by atoms with van der Waals surface area (Å²) in [6.07, 6.45) is -53.7. The van der Waals surface area contributed by atoms with Crippen LogP contribution >= 0.6 is 22.7 Å². The highest BCUT2D eigenvalue weighted by Gasteiger charge is 2.47. The molecule has 0 unspecified atom stereocenters. The minimum atomic E-state index is -6.13. The highest BCUT2D eigenvalue weighted by molar-refractivity contribution is 7.20. The molecule has 0 bridgehead atoms. The molecule has 0 amide bonds. The van der Waals surface area contributed by atoms with E-state index in [-0.39, 0.29) is 42.4 Å². The van der Waals surface area contributed by atoms with Gasteiger partial charge in [-0.2, -0.15) is 127 Å². The number of benzene rings is 6. The van der Waals surface area contributed by atoms with Crippen molar-refractivity contribution in [3.05, 3.63) is 237 Å². The molecule has 6 aromatic carbocycles. The van der Waals surface area contributed by atoms with Crippen LogP contribution in [0.1, 0.15) is 65.4 Å². The zero-order valence-corrected chi connectivity index (χ0v) is 46.4. The third-order valence-electron chi connectivity index (χ3n) is 13.0. The zero-order valence-electron chi connectivity index (χ0n) is 42.6. The van der Waals surface area contributed by atoms with E-state index in [1.54, 1.807) is 59.1 Å². The number of nitrogens with zero attached hydrogens (tertiary/aromatic N) is 2. The van der Waals surface area contributed by atoms with Gasteiger partial charge in [-0.15, -0.1) is 0 Å². The summed E-state index contributed by atoms with van der Waals surface area (Å²) in [5, 5.41) is 22.5. The number of halogens is 25. The first kappa shape index (κ1) is 68.1. The standard InChI is InChI=1S/C32H12BF24.C22H16IN2O4S2/c34-25(35,36)13-1-14(26(37,38)39)6-21(5-13)33(22-7-15(27(40,41)42)2-16(8-22)28(43,44)45,23-9-17(29(46,47)48)3-18(10-23)30(49,50)51)24-11-19(31(52,53)54)4-20(12-24)32(55,56)57;26-24(27)19-7-3-1-5-15(19)13-17-9-11-21(30-17)23-22-12-10-18(31-22)14-16-6-2-4-8-20(16)25(28)29/h1-12H;1-12H,13-14H2/q-1;+1. The van der Waals surface area contributed by atoms with E-state index < -0.39 is 195 Å². The smallest absolute Gasteiger partial charge is 0.258 e. The first-order valence-corrected chi connectivity index (χ1v) is 27.7. The van der Waals surface area contributed by atoms with Gasteiger partial charge in [-0.25, -0.2) is 0 Å². The largest absolute Gasteiger partial charge is 0.416 e. The van der Waals surface area contributed by atoms with Crippen molar-refractivity contribution in [1.29, 1.82) is 0 Å². The predicted octanol–water partition coefficient (Wildman–Crippen LogP) is 14.2. The molecule has 0 aliphatic rings. The van der Waals surface area contributed by atoms with Gasteiger partial charge in [0, 0.05) is 58.0 Å². The second kappa shape index (κ2) is 24.5. The maximum atomic E-state index is 14.2. The van der Waals surface area contributed by atoms with Gasteiger partial charge < -0.3 is 0 Å². The third kappa shape index (κ3) is 15.9. The van der Waals surface area contributed by atoms with Gasteiger partial charge in [0.2, 0.25) is 5.77 Å². The number of thiophene rings is 2. The van der Waals surface area contributed by atoms with Crippen LogP contribution in [0.2, 0.25) is 0 Å². The van der Waals surface area contributed by atoms with Crippen LogP contribution in [0.15, 0.2) is 146 Å². The molecule has 0 saturated carbocycles. The first-order chi connectivity index (χ1) is 40.3. The number of para-hydroxylation sites is 2. The highest BCUT2D eigenvalue weighted by atomic mass is 127. The summed E-state index contributed by atoms with van der Waals surface area (Å²) in [6.45, 7) is 0. The number of nitro benzene ring substituents is 2. The maximum absolute atomic E-state index is 14.2. The molecule has 0 atom stereocenters. The van der Waals surface area contributed by atoms with E-state index in [1.165, 1.54) is 5.77 Å². The van der Waals surface area contributed by atoms with Crippen molar-refractivity contribution in [2.24, 2.45) is 0 Å². The van der Waals surface area contributed by atoms with Crippen molar-refractivity contribution in [3.8, 4) is 0 Å². The maximum Gasteiger partial charge on any atom is 0.416 e. The average molecular weight is 1430 g/mol. The number of hydrogen-bond donors (Lipinski definition) is 0. The Morgan fingerprint density at radius 1 is 0.330 bits per heavy atom. The van der Waals surface area contributed by atoms with Gasteiger partial charge in [-0.1, -0.05) is 108 Å². The Morgan fingerprint density at radius 3 is 0.750 bits per heavy atom. The van der Waals surface area contributed by atoms with E-state index in [1.807, 2.05) is 12.1 Å². The minimum Gasteiger partial charge on any atom is -0.258 e. The Hall–Kier alpha value is -7.37. The van der Waals surface area contributed by atoms with Crippen molar-refractivity contribution in [2.75, 3.05) is 0 Å². The second-order valence-electron chi connectivity index (χ2n) is 18.9. The number of alkyl halides is 24. The van der Waals surface area contributed by atoms with E-state index >= 15 is 0 Å². The Morgan fingerprint density at radius 2 is 0.545 bits per heavy atom. The summed E-state index contributed by atoms with van der Waals surface area (Å²) < 4.78 is 343.